The molecule has 0 amide bonds. The summed E-state index contributed by atoms with van der Waals surface area (Å²) in [4.78, 5) is 22.4. The average molecular weight is 326 g/mol. The van der Waals surface area contributed by atoms with Crippen LogP contribution in [0.2, 0.25) is 0 Å². The molecule has 0 spiro atoms. The lowest BCUT2D eigenvalue weighted by molar-refractivity contribution is -0.160. The predicted molar refractivity (Wildman–Crippen MR) is 91.1 cm³/mol. The van der Waals surface area contributed by atoms with Crippen LogP contribution in [-0.2, 0) is 19.1 Å². The van der Waals surface area contributed by atoms with Gasteiger partial charge < -0.3 is 9.47 Å². The van der Waals surface area contributed by atoms with Gasteiger partial charge in [-0.05, 0) is 19.3 Å². The molecular weight excluding hydrogens is 292 g/mol. The highest BCUT2D eigenvalue weighted by atomic mass is 16.6. The van der Waals surface area contributed by atoms with E-state index in [0.717, 1.165) is 19.3 Å². The van der Waals surface area contributed by atoms with Crippen molar-refractivity contribution in [2.75, 3.05) is 0 Å². The second-order valence-electron chi connectivity index (χ2n) is 6.69. The van der Waals surface area contributed by atoms with E-state index in [1.54, 1.807) is 0 Å². The fraction of sp³-hybridized carbons (Fsp3) is 0.895. The molecule has 0 aliphatic carbocycles. The second-order valence-corrected chi connectivity index (χ2v) is 6.69. The van der Waals surface area contributed by atoms with Crippen LogP contribution in [0.5, 0.6) is 0 Å². The van der Waals surface area contributed by atoms with E-state index in [1.807, 2.05) is 0 Å². The van der Waals surface area contributed by atoms with Gasteiger partial charge in [0.05, 0.1) is 0 Å². The number of hydrogen-bond acceptors (Lipinski definition) is 4. The first kappa shape index (κ1) is 20.0. The third-order valence-corrected chi connectivity index (χ3v) is 4.49. The fourth-order valence-electron chi connectivity index (χ4n) is 3.18. The molecule has 134 valence electrons. The minimum Gasteiger partial charge on any atom is -0.459 e. The number of carbonyl (C=O) groups excluding carboxylic acids is 2. The van der Waals surface area contributed by atoms with Crippen LogP contribution in [0.3, 0.4) is 0 Å². The van der Waals surface area contributed by atoms with Crippen molar-refractivity contribution in [1.82, 2.24) is 0 Å². The van der Waals surface area contributed by atoms with E-state index in [1.165, 1.54) is 58.3 Å². The maximum atomic E-state index is 11.2. The van der Waals surface area contributed by atoms with Gasteiger partial charge in [-0.15, -0.1) is 0 Å². The summed E-state index contributed by atoms with van der Waals surface area (Å²) < 4.78 is 10.6. The number of esters is 2. The summed E-state index contributed by atoms with van der Waals surface area (Å²) in [5.41, 5.74) is 0. The van der Waals surface area contributed by atoms with Gasteiger partial charge in [0, 0.05) is 13.3 Å². The van der Waals surface area contributed by atoms with Crippen molar-refractivity contribution >= 4 is 11.9 Å². The maximum absolute atomic E-state index is 11.2. The van der Waals surface area contributed by atoms with Crippen molar-refractivity contribution < 1.29 is 19.1 Å². The molecule has 0 aromatic rings. The summed E-state index contributed by atoms with van der Waals surface area (Å²) >= 11 is 0. The number of cyclic esters (lactones) is 1. The van der Waals surface area contributed by atoms with Gasteiger partial charge in [-0.3, -0.25) is 9.59 Å². The SMILES string of the molecule is CCCCCCCCCCCC[C@@H](OC(C)=O)[C@H]1CCC(=O)O1. The van der Waals surface area contributed by atoms with Crippen molar-refractivity contribution in [2.45, 2.75) is 110 Å². The van der Waals surface area contributed by atoms with E-state index in [-0.39, 0.29) is 24.1 Å². The van der Waals surface area contributed by atoms with Crippen molar-refractivity contribution in [3.63, 3.8) is 0 Å². The van der Waals surface area contributed by atoms with Crippen molar-refractivity contribution in [3.8, 4) is 0 Å². The lowest BCUT2D eigenvalue weighted by Gasteiger charge is -2.22. The molecule has 4 heteroatoms. The van der Waals surface area contributed by atoms with E-state index in [2.05, 4.69) is 6.92 Å². The van der Waals surface area contributed by atoms with Crippen molar-refractivity contribution in [1.29, 1.82) is 0 Å². The van der Waals surface area contributed by atoms with Crippen LogP contribution in [-0.4, -0.2) is 24.1 Å². The minimum absolute atomic E-state index is 0.171. The number of hydrogen-bond donors (Lipinski definition) is 0. The molecule has 1 heterocycles. The summed E-state index contributed by atoms with van der Waals surface area (Å²) in [6, 6.07) is 0. The Morgan fingerprint density at radius 2 is 1.65 bits per heavy atom. The third kappa shape index (κ3) is 9.62. The van der Waals surface area contributed by atoms with Crippen LogP contribution >= 0.6 is 0 Å². The monoisotopic (exact) mass is 326 g/mol. The zero-order chi connectivity index (χ0) is 16.9. The van der Waals surface area contributed by atoms with E-state index in [4.69, 9.17) is 9.47 Å². The van der Waals surface area contributed by atoms with E-state index < -0.39 is 0 Å². The van der Waals surface area contributed by atoms with E-state index in [0.29, 0.717) is 12.8 Å². The Hall–Kier alpha value is -1.06. The highest BCUT2D eigenvalue weighted by Crippen LogP contribution is 2.23. The summed E-state index contributed by atoms with van der Waals surface area (Å²) in [6.07, 6.45) is 14.3. The largest absolute Gasteiger partial charge is 0.459 e. The van der Waals surface area contributed by atoms with Gasteiger partial charge in [-0.25, -0.2) is 0 Å². The summed E-state index contributed by atoms with van der Waals surface area (Å²) in [7, 11) is 0. The van der Waals surface area contributed by atoms with Crippen LogP contribution in [0.15, 0.2) is 0 Å². The smallest absolute Gasteiger partial charge is 0.306 e. The molecule has 1 aliphatic rings. The average Bonchev–Trinajstić information content (AvgIpc) is 2.94. The molecule has 1 rings (SSSR count). The highest BCUT2D eigenvalue weighted by Gasteiger charge is 2.32. The molecule has 0 saturated carbocycles. The normalized spacial score (nSPS) is 18.7. The number of unbranched alkanes of at least 4 members (excludes halogenated alkanes) is 9. The zero-order valence-corrected chi connectivity index (χ0v) is 15.0. The van der Waals surface area contributed by atoms with Crippen LogP contribution in [0.4, 0.5) is 0 Å². The molecule has 0 aromatic heterocycles. The first-order chi connectivity index (χ1) is 11.1. The lowest BCUT2D eigenvalue weighted by atomic mass is 10.0. The molecule has 2 atom stereocenters. The number of rotatable bonds is 13. The van der Waals surface area contributed by atoms with Gasteiger partial charge in [-0.2, -0.15) is 0 Å². The first-order valence-electron chi connectivity index (χ1n) is 9.50. The van der Waals surface area contributed by atoms with Crippen molar-refractivity contribution in [3.05, 3.63) is 0 Å². The molecule has 0 radical (unpaired) electrons. The summed E-state index contributed by atoms with van der Waals surface area (Å²) in [5, 5.41) is 0. The van der Waals surface area contributed by atoms with Crippen LogP contribution in [0.1, 0.15) is 97.3 Å². The molecule has 23 heavy (non-hydrogen) atoms. The van der Waals surface area contributed by atoms with Gasteiger partial charge in [0.1, 0.15) is 12.2 Å². The molecule has 1 fully saturated rings. The fourth-order valence-corrected chi connectivity index (χ4v) is 3.18. The number of carbonyl (C=O) groups is 2. The van der Waals surface area contributed by atoms with Crippen LogP contribution < -0.4 is 0 Å². The van der Waals surface area contributed by atoms with Crippen LogP contribution in [0, 0.1) is 0 Å². The van der Waals surface area contributed by atoms with Gasteiger partial charge >= 0.3 is 11.9 Å². The molecular formula is C19H34O4. The molecule has 1 saturated heterocycles. The Morgan fingerprint density at radius 3 is 2.13 bits per heavy atom. The zero-order valence-electron chi connectivity index (χ0n) is 15.0. The molecule has 0 bridgehead atoms. The van der Waals surface area contributed by atoms with Gasteiger partial charge in [0.15, 0.2) is 0 Å². The number of ether oxygens (including phenoxy) is 2. The van der Waals surface area contributed by atoms with Crippen molar-refractivity contribution in [2.24, 2.45) is 0 Å². The molecule has 4 nitrogen and oxygen atoms in total. The first-order valence-corrected chi connectivity index (χ1v) is 9.50. The molecule has 1 aliphatic heterocycles. The molecule has 0 unspecified atom stereocenters. The minimum atomic E-state index is -0.287. The molecule has 0 N–H and O–H groups in total. The van der Waals surface area contributed by atoms with Crippen LogP contribution in [0.25, 0.3) is 0 Å². The van der Waals surface area contributed by atoms with Gasteiger partial charge in [0.25, 0.3) is 0 Å². The van der Waals surface area contributed by atoms with E-state index in [9.17, 15) is 9.59 Å². The lowest BCUT2D eigenvalue weighted by Crippen LogP contribution is -2.30. The maximum Gasteiger partial charge on any atom is 0.306 e. The van der Waals surface area contributed by atoms with E-state index >= 15 is 0 Å². The quantitative estimate of drug-likeness (QED) is 0.355. The Morgan fingerprint density at radius 1 is 1.09 bits per heavy atom. The summed E-state index contributed by atoms with van der Waals surface area (Å²) in [5.74, 6) is -0.458. The summed E-state index contributed by atoms with van der Waals surface area (Å²) in [6.45, 7) is 3.66. The Bertz CT molecular complexity index is 340. The Balaban J connectivity index is 2.06. The Labute approximate surface area is 141 Å². The van der Waals surface area contributed by atoms with Gasteiger partial charge in [0.2, 0.25) is 0 Å². The van der Waals surface area contributed by atoms with Gasteiger partial charge in [-0.1, -0.05) is 64.7 Å². The second kappa shape index (κ2) is 12.4. The topological polar surface area (TPSA) is 52.6 Å². The standard InChI is InChI=1S/C19H34O4/c1-3-4-5-6-7-8-9-10-11-12-13-17(22-16(2)20)18-14-15-19(21)23-18/h17-18H,3-15H2,1-2H3/t17-,18-/m1/s1. The Kier molecular flexibility index (Phi) is 10.8. The highest BCUT2D eigenvalue weighted by molar-refractivity contribution is 5.71. The predicted octanol–water partition coefficient (Wildman–Crippen LogP) is 4.93. The third-order valence-electron chi connectivity index (χ3n) is 4.49. The molecule has 0 aromatic carbocycles.